The summed E-state index contributed by atoms with van der Waals surface area (Å²) in [5.74, 6) is 0.687. The molecule has 0 aromatic heterocycles. The van der Waals surface area contributed by atoms with Crippen LogP contribution in [0, 0.1) is 0 Å². The number of ether oxygens (including phenoxy) is 2. The molecular formula is C10H16N2O2. The number of anilines is 2. The van der Waals surface area contributed by atoms with Crippen LogP contribution in [0.3, 0.4) is 0 Å². The average molecular weight is 196 g/mol. The first kappa shape index (κ1) is 10.7. The molecule has 0 aliphatic heterocycles. The first-order valence-electron chi connectivity index (χ1n) is 4.45. The van der Waals surface area contributed by atoms with Gasteiger partial charge in [0, 0.05) is 13.7 Å². The number of hydrogen-bond donors (Lipinski definition) is 2. The second kappa shape index (κ2) is 5.34. The van der Waals surface area contributed by atoms with E-state index in [1.54, 1.807) is 14.2 Å². The molecular weight excluding hydrogens is 180 g/mol. The summed E-state index contributed by atoms with van der Waals surface area (Å²) in [6, 6.07) is 5.63. The van der Waals surface area contributed by atoms with Gasteiger partial charge in [-0.3, -0.25) is 0 Å². The van der Waals surface area contributed by atoms with Gasteiger partial charge in [0.15, 0.2) is 0 Å². The van der Waals surface area contributed by atoms with E-state index in [0.717, 1.165) is 12.2 Å². The summed E-state index contributed by atoms with van der Waals surface area (Å²) in [4.78, 5) is 0. The first-order valence-corrected chi connectivity index (χ1v) is 4.45. The van der Waals surface area contributed by atoms with Gasteiger partial charge in [0.25, 0.3) is 0 Å². The molecule has 0 heterocycles. The summed E-state index contributed by atoms with van der Waals surface area (Å²) < 4.78 is 10.0. The fourth-order valence-corrected chi connectivity index (χ4v) is 1.16. The highest BCUT2D eigenvalue weighted by Crippen LogP contribution is 2.28. The van der Waals surface area contributed by atoms with E-state index >= 15 is 0 Å². The summed E-state index contributed by atoms with van der Waals surface area (Å²) in [5.41, 5.74) is 7.35. The predicted molar refractivity (Wildman–Crippen MR) is 57.8 cm³/mol. The number of para-hydroxylation sites is 1. The van der Waals surface area contributed by atoms with Crippen molar-refractivity contribution in [2.24, 2.45) is 0 Å². The first-order chi connectivity index (χ1) is 6.79. The fourth-order valence-electron chi connectivity index (χ4n) is 1.16. The van der Waals surface area contributed by atoms with Gasteiger partial charge in [-0.1, -0.05) is 6.07 Å². The number of nitrogens with two attached hydrogens (primary N) is 1. The van der Waals surface area contributed by atoms with Crippen LogP contribution in [0.25, 0.3) is 0 Å². The lowest BCUT2D eigenvalue weighted by atomic mass is 10.2. The van der Waals surface area contributed by atoms with E-state index in [2.05, 4.69) is 5.32 Å². The van der Waals surface area contributed by atoms with E-state index < -0.39 is 0 Å². The molecule has 0 fully saturated rings. The third-order valence-corrected chi connectivity index (χ3v) is 1.91. The van der Waals surface area contributed by atoms with Gasteiger partial charge in [0.05, 0.1) is 25.1 Å². The van der Waals surface area contributed by atoms with Gasteiger partial charge in [-0.05, 0) is 12.1 Å². The lowest BCUT2D eigenvalue weighted by Gasteiger charge is -2.11. The average Bonchev–Trinajstić information content (AvgIpc) is 2.21. The lowest BCUT2D eigenvalue weighted by molar-refractivity contribution is 0.211. The molecule has 4 heteroatoms. The Kier molecular flexibility index (Phi) is 4.07. The molecule has 0 saturated heterocycles. The molecule has 0 unspecified atom stereocenters. The van der Waals surface area contributed by atoms with Crippen LogP contribution in [-0.2, 0) is 4.74 Å². The van der Waals surface area contributed by atoms with E-state index in [9.17, 15) is 0 Å². The van der Waals surface area contributed by atoms with Crippen molar-refractivity contribution >= 4 is 11.4 Å². The summed E-state index contributed by atoms with van der Waals surface area (Å²) in [6.07, 6.45) is 0. The minimum atomic E-state index is 0.631. The van der Waals surface area contributed by atoms with Gasteiger partial charge >= 0.3 is 0 Å². The number of nitrogens with one attached hydrogen (secondary N) is 1. The molecule has 0 amide bonds. The zero-order valence-corrected chi connectivity index (χ0v) is 8.54. The van der Waals surface area contributed by atoms with Gasteiger partial charge in [-0.25, -0.2) is 0 Å². The second-order valence-corrected chi connectivity index (χ2v) is 2.84. The van der Waals surface area contributed by atoms with Crippen LogP contribution >= 0.6 is 0 Å². The molecule has 0 radical (unpaired) electrons. The number of benzene rings is 1. The van der Waals surface area contributed by atoms with Crippen molar-refractivity contribution in [1.82, 2.24) is 0 Å². The van der Waals surface area contributed by atoms with Gasteiger partial charge < -0.3 is 20.5 Å². The minimum Gasteiger partial charge on any atom is -0.495 e. The van der Waals surface area contributed by atoms with Crippen molar-refractivity contribution in [3.8, 4) is 5.75 Å². The quantitative estimate of drug-likeness (QED) is 0.551. The maximum atomic E-state index is 5.85. The summed E-state index contributed by atoms with van der Waals surface area (Å²) in [6.45, 7) is 1.38. The summed E-state index contributed by atoms with van der Waals surface area (Å²) in [5, 5.41) is 3.16. The van der Waals surface area contributed by atoms with Crippen molar-refractivity contribution in [2.45, 2.75) is 0 Å². The molecule has 0 spiro atoms. The molecule has 14 heavy (non-hydrogen) atoms. The van der Waals surface area contributed by atoms with Crippen LogP contribution in [-0.4, -0.2) is 27.4 Å². The second-order valence-electron chi connectivity index (χ2n) is 2.84. The molecule has 0 aliphatic rings. The standard InChI is InChI=1S/C10H16N2O2/c1-13-7-6-12-8-4-3-5-9(14-2)10(8)11/h3-5,12H,6-7,11H2,1-2H3. The Morgan fingerprint density at radius 3 is 2.79 bits per heavy atom. The summed E-state index contributed by atoms with van der Waals surface area (Å²) >= 11 is 0. The highest BCUT2D eigenvalue weighted by molar-refractivity contribution is 5.72. The monoisotopic (exact) mass is 196 g/mol. The van der Waals surface area contributed by atoms with Gasteiger partial charge in [-0.2, -0.15) is 0 Å². The van der Waals surface area contributed by atoms with Crippen molar-refractivity contribution in [2.75, 3.05) is 38.4 Å². The maximum absolute atomic E-state index is 5.85. The Balaban J connectivity index is 2.66. The Hall–Kier alpha value is -1.42. The molecule has 1 aromatic carbocycles. The highest BCUT2D eigenvalue weighted by Gasteiger charge is 2.03. The van der Waals surface area contributed by atoms with Crippen molar-refractivity contribution < 1.29 is 9.47 Å². The van der Waals surface area contributed by atoms with Crippen LogP contribution in [0.1, 0.15) is 0 Å². The molecule has 1 aromatic rings. The molecule has 78 valence electrons. The van der Waals surface area contributed by atoms with Crippen molar-refractivity contribution in [1.29, 1.82) is 0 Å². The molecule has 0 bridgehead atoms. The van der Waals surface area contributed by atoms with Gasteiger partial charge in [-0.15, -0.1) is 0 Å². The van der Waals surface area contributed by atoms with Crippen LogP contribution in [0.4, 0.5) is 11.4 Å². The van der Waals surface area contributed by atoms with E-state index in [1.165, 1.54) is 0 Å². The number of hydrogen-bond acceptors (Lipinski definition) is 4. The molecule has 3 N–H and O–H groups in total. The largest absolute Gasteiger partial charge is 0.495 e. The van der Waals surface area contributed by atoms with E-state index in [-0.39, 0.29) is 0 Å². The Labute approximate surface area is 84.0 Å². The van der Waals surface area contributed by atoms with Crippen LogP contribution in [0.2, 0.25) is 0 Å². The minimum absolute atomic E-state index is 0.631. The molecule has 0 saturated carbocycles. The highest BCUT2D eigenvalue weighted by atomic mass is 16.5. The van der Waals surface area contributed by atoms with Crippen LogP contribution < -0.4 is 15.8 Å². The Morgan fingerprint density at radius 2 is 2.14 bits per heavy atom. The van der Waals surface area contributed by atoms with Crippen LogP contribution in [0.5, 0.6) is 5.75 Å². The normalized spacial score (nSPS) is 9.86. The van der Waals surface area contributed by atoms with E-state index in [4.69, 9.17) is 15.2 Å². The number of nitrogen functional groups attached to an aromatic ring is 1. The zero-order valence-electron chi connectivity index (χ0n) is 8.54. The third kappa shape index (κ3) is 2.53. The molecule has 0 atom stereocenters. The predicted octanol–water partition coefficient (Wildman–Crippen LogP) is 1.34. The smallest absolute Gasteiger partial charge is 0.143 e. The lowest BCUT2D eigenvalue weighted by Crippen LogP contribution is -2.09. The number of rotatable bonds is 5. The zero-order chi connectivity index (χ0) is 10.4. The third-order valence-electron chi connectivity index (χ3n) is 1.91. The van der Waals surface area contributed by atoms with Crippen molar-refractivity contribution in [3.05, 3.63) is 18.2 Å². The topological polar surface area (TPSA) is 56.5 Å². The van der Waals surface area contributed by atoms with E-state index in [0.29, 0.717) is 18.0 Å². The maximum Gasteiger partial charge on any atom is 0.143 e. The van der Waals surface area contributed by atoms with Gasteiger partial charge in [0.2, 0.25) is 0 Å². The Bertz CT molecular complexity index is 289. The van der Waals surface area contributed by atoms with Crippen molar-refractivity contribution in [3.63, 3.8) is 0 Å². The molecule has 0 aliphatic carbocycles. The Morgan fingerprint density at radius 1 is 1.36 bits per heavy atom. The number of methoxy groups -OCH3 is 2. The summed E-state index contributed by atoms with van der Waals surface area (Å²) in [7, 11) is 3.27. The van der Waals surface area contributed by atoms with Crippen LogP contribution in [0.15, 0.2) is 18.2 Å². The molecule has 4 nitrogen and oxygen atoms in total. The fraction of sp³-hybridized carbons (Fsp3) is 0.400. The van der Waals surface area contributed by atoms with E-state index in [1.807, 2.05) is 18.2 Å². The SMILES string of the molecule is COCCNc1cccc(OC)c1N. The van der Waals surface area contributed by atoms with Gasteiger partial charge in [0.1, 0.15) is 5.75 Å². The molecule has 1 rings (SSSR count).